The molecule has 0 spiro atoms. The molecule has 0 aliphatic heterocycles. The molecule has 0 saturated carbocycles. The van der Waals surface area contributed by atoms with E-state index in [2.05, 4.69) is 0 Å². The van der Waals surface area contributed by atoms with Crippen LogP contribution in [0.5, 0.6) is 0 Å². The third-order valence-electron chi connectivity index (χ3n) is 22.6. The van der Waals surface area contributed by atoms with Gasteiger partial charge in [0.25, 0.3) is 0 Å². The molecule has 3 nitrogen and oxygen atoms in total. The van der Waals surface area contributed by atoms with Crippen molar-refractivity contribution in [3.8, 4) is 0 Å². The topological polar surface area (TPSA) is 60.7 Å². The maximum absolute atomic E-state index is 8.90. The molecule has 0 heterocycles. The summed E-state index contributed by atoms with van der Waals surface area (Å²) in [7, 11) is 0. The van der Waals surface area contributed by atoms with Crippen LogP contribution >= 0.6 is 0 Å². The molecular weight excluding hydrogens is 1140 g/mol. The normalized spacial score (nSPS) is 12.2. The number of hydrogen-bond acceptors (Lipinski definition) is 3. The number of rotatable bonds is 90. The first-order valence-electron chi connectivity index (χ1n) is 45.7. The maximum atomic E-state index is 8.90. The van der Waals surface area contributed by atoms with Crippen molar-refractivity contribution in [2.75, 3.05) is 19.8 Å². The highest BCUT2D eigenvalue weighted by Crippen LogP contribution is 2.27. The second-order valence-electron chi connectivity index (χ2n) is 32.1. The summed E-state index contributed by atoms with van der Waals surface area (Å²) in [6.07, 6.45) is 126. The Bertz CT molecular complexity index is 1240. The van der Waals surface area contributed by atoms with Crippen LogP contribution in [0, 0.1) is 5.92 Å². The van der Waals surface area contributed by atoms with Gasteiger partial charge < -0.3 is 15.3 Å². The van der Waals surface area contributed by atoms with Crippen LogP contribution in [0.3, 0.4) is 0 Å². The summed E-state index contributed by atoms with van der Waals surface area (Å²) >= 11 is 0. The van der Waals surface area contributed by atoms with E-state index >= 15 is 0 Å². The average molecular weight is 1330 g/mol. The van der Waals surface area contributed by atoms with Gasteiger partial charge >= 0.3 is 0 Å². The first kappa shape index (κ1) is 93.9. The van der Waals surface area contributed by atoms with Gasteiger partial charge in [0.1, 0.15) is 0 Å². The van der Waals surface area contributed by atoms with E-state index in [0.717, 1.165) is 25.2 Å². The lowest BCUT2D eigenvalue weighted by atomic mass is 9.89. The van der Waals surface area contributed by atoms with Crippen LogP contribution in [0.4, 0.5) is 0 Å². The van der Waals surface area contributed by atoms with E-state index in [9.17, 15) is 0 Å². The molecule has 1 atom stereocenters. The average Bonchev–Trinajstić information content (AvgIpc) is 3.68. The van der Waals surface area contributed by atoms with E-state index in [1.54, 1.807) is 0 Å². The van der Waals surface area contributed by atoms with Gasteiger partial charge in [-0.2, -0.15) is 0 Å². The molecule has 94 heavy (non-hydrogen) atoms. The molecule has 566 valence electrons. The molecule has 0 aliphatic carbocycles. The standard InChI is InChI=1S/C91H184O3/c92-88-82-76-70-64-58-52-46-40-34-28-22-16-10-4-1-2-7-13-19-25-31-37-43-49-55-61-67-73-79-85-91(87-81-75-69-63-57-51-45-39-33-27-21-15-9-6-12-18-24-30-36-42-48-54-60-66-72-78-84-90-94)86-80-74-68-62-56-50-44-38-32-26-20-14-8-3-5-11-17-23-29-35-41-47-53-59-65-71-77-83-89-93/h91-94H,1-90H2. The smallest absolute Gasteiger partial charge is 0.0431 e. The van der Waals surface area contributed by atoms with Crippen molar-refractivity contribution in [2.24, 2.45) is 5.92 Å². The van der Waals surface area contributed by atoms with Gasteiger partial charge in [0.15, 0.2) is 0 Å². The van der Waals surface area contributed by atoms with Crippen LogP contribution in [-0.2, 0) is 0 Å². The van der Waals surface area contributed by atoms with Gasteiger partial charge in [-0.1, -0.05) is 539 Å². The minimum Gasteiger partial charge on any atom is -0.396 e. The van der Waals surface area contributed by atoms with Gasteiger partial charge in [0.05, 0.1) is 0 Å². The molecule has 0 rings (SSSR count). The zero-order chi connectivity index (χ0) is 67.2. The van der Waals surface area contributed by atoms with E-state index in [1.165, 1.54) is 539 Å². The van der Waals surface area contributed by atoms with Crippen molar-refractivity contribution >= 4 is 0 Å². The lowest BCUT2D eigenvalue weighted by Crippen LogP contribution is -2.01. The van der Waals surface area contributed by atoms with Crippen molar-refractivity contribution in [1.29, 1.82) is 0 Å². The Balaban J connectivity index is 4.01. The predicted octanol–water partition coefficient (Wildman–Crippen LogP) is 32.5. The fourth-order valence-electron chi connectivity index (χ4n) is 15.9. The number of unbranched alkanes of at least 4 members (excludes halogenated alkanes) is 81. The minimum atomic E-state index is 0.373. The molecule has 0 aromatic heterocycles. The Labute approximate surface area is 596 Å². The van der Waals surface area contributed by atoms with E-state index in [0.29, 0.717) is 19.8 Å². The van der Waals surface area contributed by atoms with Gasteiger partial charge in [-0.05, 0) is 25.2 Å². The van der Waals surface area contributed by atoms with Gasteiger partial charge in [-0.25, -0.2) is 0 Å². The van der Waals surface area contributed by atoms with Crippen molar-refractivity contribution in [1.82, 2.24) is 0 Å². The molecule has 0 amide bonds. The van der Waals surface area contributed by atoms with Crippen LogP contribution in [-0.4, -0.2) is 35.1 Å². The SMILES string of the molecule is OCCCCCCCCCCCCCCCCCCCCCCCCCCCCCCCC(CCCCCCCCCCCCCCCCCCCCCCCCCCCCCO)CCCCCCCCCCCCCCCCCCCCCCCCCCCCCCO. The van der Waals surface area contributed by atoms with Gasteiger partial charge in [0.2, 0.25) is 0 Å². The van der Waals surface area contributed by atoms with Crippen molar-refractivity contribution in [2.45, 2.75) is 559 Å². The second kappa shape index (κ2) is 90.9. The summed E-state index contributed by atoms with van der Waals surface area (Å²) in [5.74, 6) is 1.01. The van der Waals surface area contributed by atoms with E-state index in [-0.39, 0.29) is 0 Å². The van der Waals surface area contributed by atoms with Gasteiger partial charge in [-0.3, -0.25) is 0 Å². The van der Waals surface area contributed by atoms with Crippen molar-refractivity contribution in [3.63, 3.8) is 0 Å². The van der Waals surface area contributed by atoms with E-state index in [4.69, 9.17) is 15.3 Å². The molecule has 0 radical (unpaired) electrons. The molecule has 0 aromatic rings. The fourth-order valence-corrected chi connectivity index (χ4v) is 15.9. The summed E-state index contributed by atoms with van der Waals surface area (Å²) in [6.45, 7) is 1.12. The largest absolute Gasteiger partial charge is 0.396 e. The van der Waals surface area contributed by atoms with Crippen LogP contribution < -0.4 is 0 Å². The lowest BCUT2D eigenvalue weighted by molar-refractivity contribution is 0.282. The Morgan fingerprint density at radius 2 is 0.149 bits per heavy atom. The first-order chi connectivity index (χ1) is 46.8. The zero-order valence-electron chi connectivity index (χ0n) is 65.6. The van der Waals surface area contributed by atoms with Crippen molar-refractivity contribution in [3.05, 3.63) is 0 Å². The Morgan fingerprint density at radius 1 is 0.0851 bits per heavy atom. The lowest BCUT2D eigenvalue weighted by Gasteiger charge is -2.17. The number of hydrogen-bond donors (Lipinski definition) is 3. The third kappa shape index (κ3) is 88.0. The van der Waals surface area contributed by atoms with Crippen LogP contribution in [0.2, 0.25) is 0 Å². The predicted molar refractivity (Wildman–Crippen MR) is 426 cm³/mol. The summed E-state index contributed by atoms with van der Waals surface area (Å²) in [4.78, 5) is 0. The zero-order valence-corrected chi connectivity index (χ0v) is 65.6. The van der Waals surface area contributed by atoms with Crippen LogP contribution in [0.1, 0.15) is 559 Å². The maximum Gasteiger partial charge on any atom is 0.0431 e. The summed E-state index contributed by atoms with van der Waals surface area (Å²) in [6, 6.07) is 0. The Morgan fingerprint density at radius 3 is 0.223 bits per heavy atom. The second-order valence-corrected chi connectivity index (χ2v) is 32.1. The molecular formula is C91H184O3. The van der Waals surface area contributed by atoms with Crippen molar-refractivity contribution < 1.29 is 15.3 Å². The number of aliphatic hydroxyl groups is 3. The first-order valence-corrected chi connectivity index (χ1v) is 45.7. The molecule has 0 aliphatic rings. The minimum absolute atomic E-state index is 0.373. The van der Waals surface area contributed by atoms with E-state index in [1.807, 2.05) is 0 Å². The molecule has 1 unspecified atom stereocenters. The summed E-state index contributed by atoms with van der Waals surface area (Å²) in [5.41, 5.74) is 0. The summed E-state index contributed by atoms with van der Waals surface area (Å²) in [5, 5.41) is 26.7. The molecule has 0 bridgehead atoms. The summed E-state index contributed by atoms with van der Waals surface area (Å²) < 4.78 is 0. The number of aliphatic hydroxyl groups excluding tert-OH is 3. The Hall–Kier alpha value is -0.120. The van der Waals surface area contributed by atoms with Gasteiger partial charge in [-0.15, -0.1) is 0 Å². The fraction of sp³-hybridized carbons (Fsp3) is 1.00. The molecule has 0 fully saturated rings. The monoisotopic (exact) mass is 1330 g/mol. The highest BCUT2D eigenvalue weighted by molar-refractivity contribution is 4.64. The third-order valence-corrected chi connectivity index (χ3v) is 22.6. The molecule has 3 N–H and O–H groups in total. The molecule has 0 saturated heterocycles. The highest BCUT2D eigenvalue weighted by Gasteiger charge is 2.10. The van der Waals surface area contributed by atoms with Crippen LogP contribution in [0.25, 0.3) is 0 Å². The van der Waals surface area contributed by atoms with E-state index < -0.39 is 0 Å². The van der Waals surface area contributed by atoms with Crippen LogP contribution in [0.15, 0.2) is 0 Å². The quantitative estimate of drug-likeness (QED) is 0.0532. The highest BCUT2D eigenvalue weighted by atomic mass is 16.3. The molecule has 3 heteroatoms. The Kier molecular flexibility index (Phi) is 90.8. The molecule has 0 aromatic carbocycles. The van der Waals surface area contributed by atoms with Gasteiger partial charge in [0, 0.05) is 19.8 Å².